The van der Waals surface area contributed by atoms with Gasteiger partial charge >= 0.3 is 0 Å². The minimum absolute atomic E-state index is 0.137. The summed E-state index contributed by atoms with van der Waals surface area (Å²) in [5.41, 5.74) is 6.47. The highest BCUT2D eigenvalue weighted by atomic mass is 16.3. The van der Waals surface area contributed by atoms with Crippen molar-refractivity contribution >= 4 is 0 Å². The van der Waals surface area contributed by atoms with Crippen molar-refractivity contribution in [1.82, 2.24) is 4.90 Å². The predicted octanol–water partition coefficient (Wildman–Crippen LogP) is 0.719. The lowest BCUT2D eigenvalue weighted by Crippen LogP contribution is -2.26. The number of aliphatic hydroxyl groups is 1. The fourth-order valence-electron chi connectivity index (χ4n) is 1.40. The molecule has 1 aromatic rings. The third kappa shape index (κ3) is 3.87. The van der Waals surface area contributed by atoms with Gasteiger partial charge in [0.1, 0.15) is 5.76 Å². The molecule has 1 rings (SSSR count). The van der Waals surface area contributed by atoms with Gasteiger partial charge in [0.15, 0.2) is 0 Å². The van der Waals surface area contributed by atoms with Gasteiger partial charge in [-0.25, -0.2) is 0 Å². The summed E-state index contributed by atoms with van der Waals surface area (Å²) in [6, 6.07) is 1.94. The van der Waals surface area contributed by atoms with Crippen molar-refractivity contribution in [2.45, 2.75) is 13.1 Å². The molecule has 4 heteroatoms. The minimum Gasteiger partial charge on any atom is -0.468 e. The van der Waals surface area contributed by atoms with E-state index < -0.39 is 0 Å². The van der Waals surface area contributed by atoms with E-state index in [1.165, 1.54) is 0 Å². The molecule has 0 fully saturated rings. The molecule has 1 aromatic heterocycles. The minimum atomic E-state index is 0.137. The summed E-state index contributed by atoms with van der Waals surface area (Å²) in [4.78, 5) is 2.05. The van der Waals surface area contributed by atoms with Gasteiger partial charge in [-0.15, -0.1) is 6.58 Å². The summed E-state index contributed by atoms with van der Waals surface area (Å²) in [7, 11) is 0. The van der Waals surface area contributed by atoms with Crippen LogP contribution >= 0.6 is 0 Å². The fourth-order valence-corrected chi connectivity index (χ4v) is 1.40. The molecule has 0 saturated heterocycles. The van der Waals surface area contributed by atoms with Crippen LogP contribution < -0.4 is 5.73 Å². The molecule has 0 aliphatic carbocycles. The van der Waals surface area contributed by atoms with E-state index in [-0.39, 0.29) is 6.61 Å². The second kappa shape index (κ2) is 6.40. The van der Waals surface area contributed by atoms with Gasteiger partial charge in [-0.3, -0.25) is 4.90 Å². The summed E-state index contributed by atoms with van der Waals surface area (Å²) in [5, 5.41) is 8.87. The largest absolute Gasteiger partial charge is 0.468 e. The van der Waals surface area contributed by atoms with E-state index in [1.54, 1.807) is 6.26 Å². The molecule has 0 spiro atoms. The highest BCUT2D eigenvalue weighted by Gasteiger charge is 2.06. The summed E-state index contributed by atoms with van der Waals surface area (Å²) in [6.07, 6.45) is 3.48. The third-order valence-electron chi connectivity index (χ3n) is 2.13. The van der Waals surface area contributed by atoms with Crippen molar-refractivity contribution in [3.8, 4) is 0 Å². The second-order valence-corrected chi connectivity index (χ2v) is 3.37. The van der Waals surface area contributed by atoms with Gasteiger partial charge in [-0.1, -0.05) is 6.08 Å². The number of rotatable bonds is 7. The number of nitrogens with zero attached hydrogens (tertiary/aromatic N) is 1. The fraction of sp³-hybridized carbons (Fsp3) is 0.455. The third-order valence-corrected chi connectivity index (χ3v) is 2.13. The average molecular weight is 210 g/mol. The van der Waals surface area contributed by atoms with Gasteiger partial charge in [0.25, 0.3) is 0 Å². The van der Waals surface area contributed by atoms with Gasteiger partial charge in [-0.05, 0) is 6.07 Å². The molecule has 0 aromatic carbocycles. The molecule has 1 heterocycles. The summed E-state index contributed by atoms with van der Waals surface area (Å²) in [6.45, 7) is 6.32. The van der Waals surface area contributed by atoms with E-state index in [0.717, 1.165) is 17.9 Å². The topological polar surface area (TPSA) is 62.6 Å². The van der Waals surface area contributed by atoms with Gasteiger partial charge in [0.2, 0.25) is 0 Å². The molecule has 0 bridgehead atoms. The summed E-state index contributed by atoms with van der Waals surface area (Å²) < 4.78 is 5.34. The molecule has 0 saturated carbocycles. The van der Waals surface area contributed by atoms with E-state index in [4.69, 9.17) is 15.3 Å². The standard InChI is InChI=1S/C11H18N2O2/c1-2-3-13(4-5-14)8-11-6-10(7-12)9-15-11/h2,6,9,14H,1,3-5,7-8,12H2. The van der Waals surface area contributed by atoms with E-state index in [0.29, 0.717) is 19.6 Å². The van der Waals surface area contributed by atoms with Gasteiger partial charge in [0.05, 0.1) is 19.4 Å². The average Bonchev–Trinajstić information content (AvgIpc) is 2.66. The van der Waals surface area contributed by atoms with Crippen LogP contribution in [0.4, 0.5) is 0 Å². The van der Waals surface area contributed by atoms with Crippen LogP contribution in [0.1, 0.15) is 11.3 Å². The van der Waals surface area contributed by atoms with Crippen LogP contribution in [-0.4, -0.2) is 29.7 Å². The van der Waals surface area contributed by atoms with E-state index >= 15 is 0 Å². The lowest BCUT2D eigenvalue weighted by molar-refractivity contribution is 0.194. The molecule has 0 unspecified atom stereocenters. The van der Waals surface area contributed by atoms with Crippen molar-refractivity contribution in [3.63, 3.8) is 0 Å². The maximum absolute atomic E-state index is 8.87. The molecular formula is C11H18N2O2. The molecule has 15 heavy (non-hydrogen) atoms. The van der Waals surface area contributed by atoms with Crippen LogP contribution in [-0.2, 0) is 13.1 Å². The molecule has 0 aliphatic heterocycles. The van der Waals surface area contributed by atoms with Crippen LogP contribution in [0, 0.1) is 0 Å². The Morgan fingerprint density at radius 3 is 2.93 bits per heavy atom. The maximum atomic E-state index is 8.87. The number of furan rings is 1. The van der Waals surface area contributed by atoms with Crippen molar-refractivity contribution in [3.05, 3.63) is 36.3 Å². The lowest BCUT2D eigenvalue weighted by atomic mass is 10.3. The highest BCUT2D eigenvalue weighted by molar-refractivity contribution is 5.12. The Bertz CT molecular complexity index is 297. The van der Waals surface area contributed by atoms with Crippen molar-refractivity contribution < 1.29 is 9.52 Å². The molecule has 0 aliphatic rings. The first kappa shape index (κ1) is 12.0. The van der Waals surface area contributed by atoms with Crippen LogP contribution in [0.2, 0.25) is 0 Å². The Kier molecular flexibility index (Phi) is 5.10. The van der Waals surface area contributed by atoms with Gasteiger partial charge in [0, 0.05) is 25.2 Å². The van der Waals surface area contributed by atoms with Crippen LogP contribution in [0.25, 0.3) is 0 Å². The zero-order valence-corrected chi connectivity index (χ0v) is 8.85. The van der Waals surface area contributed by atoms with E-state index in [1.807, 2.05) is 17.0 Å². The molecule has 84 valence electrons. The number of hydrogen-bond acceptors (Lipinski definition) is 4. The highest BCUT2D eigenvalue weighted by Crippen LogP contribution is 2.09. The predicted molar refractivity (Wildman–Crippen MR) is 59.2 cm³/mol. The molecule has 3 N–H and O–H groups in total. The number of aliphatic hydroxyl groups excluding tert-OH is 1. The Hall–Kier alpha value is -1.10. The lowest BCUT2D eigenvalue weighted by Gasteiger charge is -2.17. The summed E-state index contributed by atoms with van der Waals surface area (Å²) in [5.74, 6) is 0.866. The van der Waals surface area contributed by atoms with Crippen molar-refractivity contribution in [1.29, 1.82) is 0 Å². The zero-order valence-electron chi connectivity index (χ0n) is 8.85. The van der Waals surface area contributed by atoms with E-state index in [9.17, 15) is 0 Å². The van der Waals surface area contributed by atoms with Gasteiger partial charge < -0.3 is 15.3 Å². The molecule has 4 nitrogen and oxygen atoms in total. The molecule has 0 radical (unpaired) electrons. The quantitative estimate of drug-likeness (QED) is 0.651. The van der Waals surface area contributed by atoms with Gasteiger partial charge in [-0.2, -0.15) is 0 Å². The SMILES string of the molecule is C=CCN(CCO)Cc1cc(CN)co1. The first-order valence-electron chi connectivity index (χ1n) is 5.00. The Labute approximate surface area is 90.0 Å². The number of hydrogen-bond donors (Lipinski definition) is 2. The Balaban J connectivity index is 2.52. The molecule has 0 amide bonds. The van der Waals surface area contributed by atoms with Crippen LogP contribution in [0.15, 0.2) is 29.4 Å². The monoisotopic (exact) mass is 210 g/mol. The second-order valence-electron chi connectivity index (χ2n) is 3.37. The first-order valence-corrected chi connectivity index (χ1v) is 5.00. The number of nitrogens with two attached hydrogens (primary N) is 1. The Morgan fingerprint density at radius 2 is 2.40 bits per heavy atom. The molecule has 0 atom stereocenters. The molecular weight excluding hydrogens is 192 g/mol. The van der Waals surface area contributed by atoms with E-state index in [2.05, 4.69) is 6.58 Å². The van der Waals surface area contributed by atoms with Crippen LogP contribution in [0.5, 0.6) is 0 Å². The van der Waals surface area contributed by atoms with Crippen molar-refractivity contribution in [2.24, 2.45) is 5.73 Å². The zero-order chi connectivity index (χ0) is 11.1. The summed E-state index contributed by atoms with van der Waals surface area (Å²) >= 11 is 0. The normalized spacial score (nSPS) is 10.9. The smallest absolute Gasteiger partial charge is 0.118 e. The first-order chi connectivity index (χ1) is 7.30. The van der Waals surface area contributed by atoms with Crippen LogP contribution in [0.3, 0.4) is 0 Å². The Morgan fingerprint density at radius 1 is 1.60 bits per heavy atom. The van der Waals surface area contributed by atoms with Crippen molar-refractivity contribution in [2.75, 3.05) is 19.7 Å². The maximum Gasteiger partial charge on any atom is 0.118 e.